The number of anilines is 1. The van der Waals surface area contributed by atoms with Gasteiger partial charge in [0, 0.05) is 30.4 Å². The van der Waals surface area contributed by atoms with Gasteiger partial charge in [0.1, 0.15) is 0 Å². The zero-order chi connectivity index (χ0) is 24.6. The molecular formula is C25H24ClN5O3S. The third-order valence-electron chi connectivity index (χ3n) is 6.01. The van der Waals surface area contributed by atoms with Crippen molar-refractivity contribution in [3.63, 3.8) is 0 Å². The first-order valence-corrected chi connectivity index (χ1v) is 13.1. The number of pyridine rings is 1. The number of amides is 1. The third-order valence-corrected chi connectivity index (χ3v) is 8.01. The molecule has 2 heterocycles. The van der Waals surface area contributed by atoms with Gasteiger partial charge in [-0.25, -0.2) is 22.4 Å². The summed E-state index contributed by atoms with van der Waals surface area (Å²) in [4.78, 5) is 16.8. The highest BCUT2D eigenvalue weighted by Gasteiger charge is 2.29. The van der Waals surface area contributed by atoms with E-state index in [1.54, 1.807) is 66.5 Å². The minimum atomic E-state index is -3.99. The highest BCUT2D eigenvalue weighted by Crippen LogP contribution is 2.31. The van der Waals surface area contributed by atoms with Crippen LogP contribution >= 0.6 is 11.6 Å². The molecule has 0 bridgehead atoms. The molecule has 5 rings (SSSR count). The van der Waals surface area contributed by atoms with Gasteiger partial charge in [-0.15, -0.1) is 0 Å². The van der Waals surface area contributed by atoms with Gasteiger partial charge < -0.3 is 5.32 Å². The molecule has 2 aromatic heterocycles. The first-order chi connectivity index (χ1) is 16.8. The lowest BCUT2D eigenvalue weighted by Crippen LogP contribution is -2.31. The van der Waals surface area contributed by atoms with Gasteiger partial charge in [-0.3, -0.25) is 4.79 Å². The standard InChI is InChI=1S/C25H24ClN5O3S/c1-30-23-22(3-2-14-27-23)24(29-30)31(35(33,34)21-12-10-20(26)11-13-21)16-18-6-8-19(9-7-18)25(32)28-15-17-4-5-17/h2-3,6-14,17H,4-5,15-16H2,1H3,(H,28,32). The molecule has 1 saturated carbocycles. The van der Waals surface area contributed by atoms with E-state index in [-0.39, 0.29) is 23.2 Å². The van der Waals surface area contributed by atoms with Gasteiger partial charge in [0.05, 0.1) is 16.8 Å². The fourth-order valence-electron chi connectivity index (χ4n) is 3.85. The summed E-state index contributed by atoms with van der Waals surface area (Å²) in [7, 11) is -2.27. The summed E-state index contributed by atoms with van der Waals surface area (Å²) in [6.45, 7) is 0.713. The number of benzene rings is 2. The minimum absolute atomic E-state index is 0.0238. The van der Waals surface area contributed by atoms with Crippen LogP contribution in [-0.4, -0.2) is 35.6 Å². The van der Waals surface area contributed by atoms with Gasteiger partial charge in [0.25, 0.3) is 15.9 Å². The number of halogens is 1. The summed E-state index contributed by atoms with van der Waals surface area (Å²) in [6.07, 6.45) is 3.96. The highest BCUT2D eigenvalue weighted by molar-refractivity contribution is 7.92. The number of rotatable bonds is 8. The molecular weight excluding hydrogens is 486 g/mol. The Bertz CT molecular complexity index is 1480. The van der Waals surface area contributed by atoms with Gasteiger partial charge >= 0.3 is 0 Å². The SMILES string of the molecule is Cn1nc(N(Cc2ccc(C(=O)NCC3CC3)cc2)S(=O)(=O)c2ccc(Cl)cc2)c2cccnc21. The molecule has 1 aliphatic carbocycles. The minimum Gasteiger partial charge on any atom is -0.352 e. The van der Waals surface area contributed by atoms with E-state index in [0.29, 0.717) is 39.6 Å². The number of fused-ring (bicyclic) bond motifs is 1. The first-order valence-electron chi connectivity index (χ1n) is 11.3. The summed E-state index contributed by atoms with van der Waals surface area (Å²) >= 11 is 5.99. The topological polar surface area (TPSA) is 97.2 Å². The van der Waals surface area contributed by atoms with E-state index >= 15 is 0 Å². The van der Waals surface area contributed by atoms with Crippen molar-refractivity contribution in [3.05, 3.63) is 83.0 Å². The van der Waals surface area contributed by atoms with Crippen LogP contribution in [0.15, 0.2) is 71.8 Å². The number of hydrogen-bond acceptors (Lipinski definition) is 5. The summed E-state index contributed by atoms with van der Waals surface area (Å²) in [5.41, 5.74) is 1.82. The molecule has 0 radical (unpaired) electrons. The van der Waals surface area contributed by atoms with Crippen molar-refractivity contribution in [3.8, 4) is 0 Å². The molecule has 8 nitrogen and oxygen atoms in total. The number of aryl methyl sites for hydroxylation is 1. The van der Waals surface area contributed by atoms with E-state index in [0.717, 1.165) is 12.8 Å². The Morgan fingerprint density at radius 1 is 1.11 bits per heavy atom. The van der Waals surface area contributed by atoms with Gasteiger partial charge in [-0.1, -0.05) is 23.7 Å². The monoisotopic (exact) mass is 509 g/mol. The molecule has 10 heteroatoms. The number of nitrogens with one attached hydrogen (secondary N) is 1. The Labute approximate surface area is 208 Å². The number of sulfonamides is 1. The van der Waals surface area contributed by atoms with Crippen LogP contribution in [0.25, 0.3) is 11.0 Å². The number of nitrogens with zero attached hydrogens (tertiary/aromatic N) is 4. The molecule has 1 N–H and O–H groups in total. The summed E-state index contributed by atoms with van der Waals surface area (Å²) in [6, 6.07) is 16.5. The largest absolute Gasteiger partial charge is 0.352 e. The Hall–Kier alpha value is -3.43. The maximum absolute atomic E-state index is 13.8. The molecule has 2 aromatic carbocycles. The fourth-order valence-corrected chi connectivity index (χ4v) is 5.39. The van der Waals surface area contributed by atoms with Crippen molar-refractivity contribution >= 4 is 44.4 Å². The van der Waals surface area contributed by atoms with Crippen LogP contribution in [-0.2, 0) is 23.6 Å². The predicted octanol–water partition coefficient (Wildman–Crippen LogP) is 4.16. The van der Waals surface area contributed by atoms with Gasteiger partial charge in [-0.2, -0.15) is 5.10 Å². The zero-order valence-electron chi connectivity index (χ0n) is 19.1. The van der Waals surface area contributed by atoms with Crippen LogP contribution in [0.1, 0.15) is 28.8 Å². The Morgan fingerprint density at radius 2 is 1.83 bits per heavy atom. The molecule has 4 aromatic rings. The second-order valence-corrected chi connectivity index (χ2v) is 10.9. The first kappa shape index (κ1) is 23.3. The smallest absolute Gasteiger partial charge is 0.265 e. The quantitative estimate of drug-likeness (QED) is 0.384. The second kappa shape index (κ2) is 9.31. The van der Waals surface area contributed by atoms with Gasteiger partial charge in [0.2, 0.25) is 0 Å². The van der Waals surface area contributed by atoms with Gasteiger partial charge in [0.15, 0.2) is 11.5 Å². The zero-order valence-corrected chi connectivity index (χ0v) is 20.6. The van der Waals surface area contributed by atoms with Crippen molar-refractivity contribution in [2.45, 2.75) is 24.3 Å². The average molecular weight is 510 g/mol. The lowest BCUT2D eigenvalue weighted by atomic mass is 10.1. The number of carbonyl (C=O) groups is 1. The molecule has 0 unspecified atom stereocenters. The number of carbonyl (C=O) groups excluding carboxylic acids is 1. The Morgan fingerprint density at radius 3 is 2.51 bits per heavy atom. The Kier molecular flexibility index (Phi) is 6.21. The molecule has 0 atom stereocenters. The molecule has 1 amide bonds. The molecule has 35 heavy (non-hydrogen) atoms. The molecule has 180 valence electrons. The number of hydrogen-bond donors (Lipinski definition) is 1. The van der Waals surface area contributed by atoms with Crippen molar-refractivity contribution in [2.24, 2.45) is 13.0 Å². The maximum atomic E-state index is 13.8. The summed E-state index contributed by atoms with van der Waals surface area (Å²) < 4.78 is 30.4. The van der Waals surface area contributed by atoms with Crippen LogP contribution < -0.4 is 9.62 Å². The fraction of sp³-hybridized carbons (Fsp3) is 0.240. The lowest BCUT2D eigenvalue weighted by Gasteiger charge is -2.23. The van der Waals surface area contributed by atoms with Crippen LogP contribution in [0.4, 0.5) is 5.82 Å². The summed E-state index contributed by atoms with van der Waals surface area (Å²) in [5, 5.41) is 8.50. The van der Waals surface area contributed by atoms with E-state index in [9.17, 15) is 13.2 Å². The van der Waals surface area contributed by atoms with Crippen molar-refractivity contribution < 1.29 is 13.2 Å². The van der Waals surface area contributed by atoms with E-state index in [1.165, 1.54) is 16.4 Å². The third kappa shape index (κ3) is 4.87. The molecule has 1 aliphatic rings. The van der Waals surface area contributed by atoms with E-state index < -0.39 is 10.0 Å². The normalized spacial score (nSPS) is 13.7. The molecule has 1 fully saturated rings. The van der Waals surface area contributed by atoms with E-state index in [4.69, 9.17) is 11.6 Å². The Balaban J connectivity index is 1.50. The van der Waals surface area contributed by atoms with E-state index in [2.05, 4.69) is 15.4 Å². The molecule has 0 aliphatic heterocycles. The van der Waals surface area contributed by atoms with Gasteiger partial charge in [-0.05, 0) is 72.9 Å². The number of aromatic nitrogens is 3. The predicted molar refractivity (Wildman–Crippen MR) is 135 cm³/mol. The molecule has 0 spiro atoms. The maximum Gasteiger partial charge on any atom is 0.265 e. The second-order valence-electron chi connectivity index (χ2n) is 8.64. The van der Waals surface area contributed by atoms with Crippen molar-refractivity contribution in [2.75, 3.05) is 10.8 Å². The summed E-state index contributed by atoms with van der Waals surface area (Å²) in [5.74, 6) is 0.736. The van der Waals surface area contributed by atoms with Crippen LogP contribution in [0.5, 0.6) is 0 Å². The average Bonchev–Trinajstić information content (AvgIpc) is 3.64. The van der Waals surface area contributed by atoms with Crippen molar-refractivity contribution in [1.82, 2.24) is 20.1 Å². The highest BCUT2D eigenvalue weighted by atomic mass is 35.5. The van der Waals surface area contributed by atoms with E-state index in [1.807, 2.05) is 0 Å². The van der Waals surface area contributed by atoms with Crippen molar-refractivity contribution in [1.29, 1.82) is 0 Å². The van der Waals surface area contributed by atoms with Crippen LogP contribution in [0.2, 0.25) is 5.02 Å². The molecule has 0 saturated heterocycles. The van der Waals surface area contributed by atoms with Crippen LogP contribution in [0.3, 0.4) is 0 Å². The van der Waals surface area contributed by atoms with Crippen LogP contribution in [0, 0.1) is 5.92 Å². The lowest BCUT2D eigenvalue weighted by molar-refractivity contribution is 0.0952.